The largest absolute Gasteiger partial charge is 0.350 e. The molecule has 0 spiro atoms. The lowest BCUT2D eigenvalue weighted by atomic mass is 9.82. The van der Waals surface area contributed by atoms with E-state index < -0.39 is 0 Å². The second-order valence-corrected chi connectivity index (χ2v) is 9.17. The molecule has 32 heavy (non-hydrogen) atoms. The summed E-state index contributed by atoms with van der Waals surface area (Å²) in [5.74, 6) is 2.97. The van der Waals surface area contributed by atoms with Crippen LogP contribution in [0.1, 0.15) is 64.0 Å². The molecule has 0 N–H and O–H groups in total. The highest BCUT2D eigenvalue weighted by molar-refractivity contribution is 5.82. The Bertz CT molecular complexity index is 1080. The van der Waals surface area contributed by atoms with Crippen molar-refractivity contribution in [3.63, 3.8) is 0 Å². The minimum absolute atomic E-state index is 0.173. The Morgan fingerprint density at radius 3 is 2.44 bits per heavy atom. The summed E-state index contributed by atoms with van der Waals surface area (Å²) in [4.78, 5) is 14.6. The fourth-order valence-electron chi connectivity index (χ4n) is 5.22. The van der Waals surface area contributed by atoms with Crippen LogP contribution >= 0.6 is 0 Å². The van der Waals surface area contributed by atoms with Gasteiger partial charge in [-0.3, -0.25) is 0 Å². The summed E-state index contributed by atoms with van der Waals surface area (Å²) in [5, 5.41) is 0. The molecule has 4 nitrogen and oxygen atoms in total. The van der Waals surface area contributed by atoms with Crippen molar-refractivity contribution in [1.29, 1.82) is 0 Å². The van der Waals surface area contributed by atoms with Gasteiger partial charge >= 0.3 is 0 Å². The van der Waals surface area contributed by atoms with E-state index in [1.54, 1.807) is 0 Å². The van der Waals surface area contributed by atoms with Crippen LogP contribution in [0.15, 0.2) is 54.7 Å². The molecule has 2 heterocycles. The molecule has 1 aliphatic rings. The van der Waals surface area contributed by atoms with Crippen LogP contribution in [-0.2, 0) is 0 Å². The van der Waals surface area contributed by atoms with Crippen molar-refractivity contribution in [2.24, 2.45) is 5.92 Å². The highest BCUT2D eigenvalue weighted by atomic mass is 15.4. The minimum Gasteiger partial charge on any atom is -0.350 e. The molecule has 0 amide bonds. The average molecular weight is 429 g/mol. The summed E-state index contributed by atoms with van der Waals surface area (Å²) in [6, 6.07) is 17.3. The Labute approximate surface area is 193 Å². The Kier molecular flexibility index (Phi) is 6.50. The average Bonchev–Trinajstić information content (AvgIpc) is 3.05. The lowest BCUT2D eigenvalue weighted by Crippen LogP contribution is -2.36. The molecule has 1 aromatic heterocycles. The molecular formula is C28H36N4. The zero-order chi connectivity index (χ0) is 22.8. The number of aryl methyl sites for hydroxylation is 1. The van der Waals surface area contributed by atoms with Gasteiger partial charge in [0.05, 0.1) is 6.20 Å². The van der Waals surface area contributed by atoms with E-state index >= 15 is 0 Å². The number of rotatable bonds is 7. The van der Waals surface area contributed by atoms with Gasteiger partial charge < -0.3 is 9.80 Å². The smallest absolute Gasteiger partial charge is 0.162 e. The number of para-hydroxylation sites is 1. The molecule has 3 aromatic rings. The van der Waals surface area contributed by atoms with Gasteiger partial charge in [0.2, 0.25) is 0 Å². The van der Waals surface area contributed by atoms with Gasteiger partial charge in [-0.2, -0.15) is 0 Å². The molecule has 0 aliphatic carbocycles. The first kappa shape index (κ1) is 22.3. The van der Waals surface area contributed by atoms with Gasteiger partial charge in [0, 0.05) is 18.3 Å². The summed E-state index contributed by atoms with van der Waals surface area (Å²) in [5.41, 5.74) is 6.07. The Morgan fingerprint density at radius 1 is 1.00 bits per heavy atom. The fourth-order valence-corrected chi connectivity index (χ4v) is 5.22. The zero-order valence-electron chi connectivity index (χ0n) is 20.3. The van der Waals surface area contributed by atoms with Crippen molar-refractivity contribution in [1.82, 2.24) is 9.97 Å². The quantitative estimate of drug-likeness (QED) is 0.395. The second kappa shape index (κ2) is 9.32. The molecule has 2 aromatic carbocycles. The topological polar surface area (TPSA) is 32.3 Å². The third-order valence-corrected chi connectivity index (χ3v) is 7.14. The maximum atomic E-state index is 5.12. The molecule has 0 saturated carbocycles. The molecule has 0 fully saturated rings. The SMILES string of the molecule is CCCC(C)C(CC)c1ccccc1N1c2nc(-c3ccccc3C)ncc2N(C)C1C. The number of hydrogen-bond donors (Lipinski definition) is 0. The van der Waals surface area contributed by atoms with Gasteiger partial charge in [0.25, 0.3) is 0 Å². The predicted octanol–water partition coefficient (Wildman–Crippen LogP) is 7.32. The first-order valence-corrected chi connectivity index (χ1v) is 12.0. The minimum atomic E-state index is 0.173. The third kappa shape index (κ3) is 3.87. The molecule has 0 saturated heterocycles. The predicted molar refractivity (Wildman–Crippen MR) is 136 cm³/mol. The normalized spacial score (nSPS) is 17.4. The summed E-state index contributed by atoms with van der Waals surface area (Å²) in [6.07, 6.45) is 5.77. The molecule has 4 heteroatoms. The van der Waals surface area contributed by atoms with Crippen molar-refractivity contribution in [2.45, 2.75) is 66.0 Å². The number of fused-ring (bicyclic) bond motifs is 1. The summed E-state index contributed by atoms with van der Waals surface area (Å²) in [7, 11) is 2.14. The standard InChI is InChI=1S/C28H36N4/c1-7-13-19(3)22(8-2)24-16-11-12-17-25(24)32-21(5)31(6)26-18-29-27(30-28(26)32)23-15-10-9-14-20(23)4/h9-12,14-19,21-22H,7-8,13H2,1-6H3. The number of aromatic nitrogens is 2. The van der Waals surface area contributed by atoms with E-state index in [9.17, 15) is 0 Å². The molecule has 1 aliphatic heterocycles. The van der Waals surface area contributed by atoms with Crippen LogP contribution in [0.3, 0.4) is 0 Å². The van der Waals surface area contributed by atoms with Crippen LogP contribution in [0, 0.1) is 12.8 Å². The van der Waals surface area contributed by atoms with Gasteiger partial charge in [0.15, 0.2) is 11.6 Å². The van der Waals surface area contributed by atoms with Gasteiger partial charge in [-0.15, -0.1) is 0 Å². The highest BCUT2D eigenvalue weighted by Gasteiger charge is 2.36. The molecule has 3 atom stereocenters. The molecular weight excluding hydrogens is 392 g/mol. The highest BCUT2D eigenvalue weighted by Crippen LogP contribution is 2.46. The van der Waals surface area contributed by atoms with Crippen LogP contribution in [0.25, 0.3) is 11.4 Å². The fraction of sp³-hybridized carbons (Fsp3) is 0.429. The first-order chi connectivity index (χ1) is 15.5. The third-order valence-electron chi connectivity index (χ3n) is 7.14. The van der Waals surface area contributed by atoms with E-state index in [0.29, 0.717) is 11.8 Å². The van der Waals surface area contributed by atoms with E-state index in [0.717, 1.165) is 29.3 Å². The summed E-state index contributed by atoms with van der Waals surface area (Å²) in [6.45, 7) is 11.4. The second-order valence-electron chi connectivity index (χ2n) is 9.17. The summed E-state index contributed by atoms with van der Waals surface area (Å²) < 4.78 is 0. The van der Waals surface area contributed by atoms with Crippen molar-refractivity contribution in [2.75, 3.05) is 16.8 Å². The maximum absolute atomic E-state index is 5.12. The van der Waals surface area contributed by atoms with Gasteiger partial charge in [-0.25, -0.2) is 9.97 Å². The van der Waals surface area contributed by atoms with Gasteiger partial charge in [-0.05, 0) is 49.3 Å². The van der Waals surface area contributed by atoms with Crippen LogP contribution in [0.5, 0.6) is 0 Å². The Balaban J connectivity index is 1.84. The Morgan fingerprint density at radius 2 is 1.72 bits per heavy atom. The van der Waals surface area contributed by atoms with E-state index in [1.807, 2.05) is 6.20 Å². The number of anilines is 3. The van der Waals surface area contributed by atoms with Crippen LogP contribution in [-0.4, -0.2) is 23.2 Å². The monoisotopic (exact) mass is 428 g/mol. The van der Waals surface area contributed by atoms with E-state index in [1.165, 1.54) is 29.7 Å². The maximum Gasteiger partial charge on any atom is 0.162 e. The van der Waals surface area contributed by atoms with E-state index in [4.69, 9.17) is 9.97 Å². The molecule has 4 rings (SSSR count). The molecule has 168 valence electrons. The van der Waals surface area contributed by atoms with Crippen LogP contribution < -0.4 is 9.80 Å². The van der Waals surface area contributed by atoms with Gasteiger partial charge in [-0.1, -0.05) is 76.1 Å². The van der Waals surface area contributed by atoms with Crippen molar-refractivity contribution in [3.05, 3.63) is 65.9 Å². The van der Waals surface area contributed by atoms with Crippen molar-refractivity contribution < 1.29 is 0 Å². The first-order valence-electron chi connectivity index (χ1n) is 12.0. The van der Waals surface area contributed by atoms with Crippen molar-refractivity contribution >= 4 is 17.2 Å². The number of nitrogens with zero attached hydrogens (tertiary/aromatic N) is 4. The Hall–Kier alpha value is -2.88. The van der Waals surface area contributed by atoms with E-state index in [-0.39, 0.29) is 6.17 Å². The van der Waals surface area contributed by atoms with E-state index in [2.05, 4.69) is 100.0 Å². The van der Waals surface area contributed by atoms with Crippen LogP contribution in [0.4, 0.5) is 17.2 Å². The zero-order valence-corrected chi connectivity index (χ0v) is 20.3. The van der Waals surface area contributed by atoms with Gasteiger partial charge in [0.1, 0.15) is 11.9 Å². The molecule has 3 unspecified atom stereocenters. The van der Waals surface area contributed by atoms with Crippen molar-refractivity contribution in [3.8, 4) is 11.4 Å². The van der Waals surface area contributed by atoms with Crippen LogP contribution in [0.2, 0.25) is 0 Å². The summed E-state index contributed by atoms with van der Waals surface area (Å²) >= 11 is 0. The molecule has 0 radical (unpaired) electrons. The number of benzene rings is 2. The number of hydrogen-bond acceptors (Lipinski definition) is 4. The lowest BCUT2D eigenvalue weighted by molar-refractivity contribution is 0.415. The molecule has 0 bridgehead atoms. The lowest BCUT2D eigenvalue weighted by Gasteiger charge is -2.32.